The van der Waals surface area contributed by atoms with Gasteiger partial charge in [0.1, 0.15) is 11.5 Å². The molecular weight excluding hydrogens is 316 g/mol. The van der Waals surface area contributed by atoms with E-state index in [1.165, 1.54) is 16.7 Å². The summed E-state index contributed by atoms with van der Waals surface area (Å²) < 4.78 is 6.04. The van der Waals surface area contributed by atoms with E-state index in [9.17, 15) is 0 Å². The summed E-state index contributed by atoms with van der Waals surface area (Å²) in [6, 6.07) is 39.5. The smallest absolute Gasteiger partial charge is 0.127 e. The second kappa shape index (κ2) is 7.71. The van der Waals surface area contributed by atoms with E-state index in [1.54, 1.807) is 0 Å². The predicted molar refractivity (Wildman–Crippen MR) is 107 cm³/mol. The van der Waals surface area contributed by atoms with Crippen molar-refractivity contribution in [3.63, 3.8) is 0 Å². The molecule has 1 nitrogen and oxygen atoms in total. The SMILES string of the molecule is c1ccc(Oc2cccc(C(c3ccccc3)c3ccccc3)c2)cc1. The maximum absolute atomic E-state index is 6.04. The van der Waals surface area contributed by atoms with Crippen molar-refractivity contribution in [1.29, 1.82) is 0 Å². The van der Waals surface area contributed by atoms with Gasteiger partial charge < -0.3 is 4.74 Å². The summed E-state index contributed by atoms with van der Waals surface area (Å²) in [6.45, 7) is 0. The molecule has 4 rings (SSSR count). The summed E-state index contributed by atoms with van der Waals surface area (Å²) in [7, 11) is 0. The summed E-state index contributed by atoms with van der Waals surface area (Å²) in [6.07, 6.45) is 0. The van der Waals surface area contributed by atoms with Gasteiger partial charge in [-0.25, -0.2) is 0 Å². The lowest BCUT2D eigenvalue weighted by molar-refractivity contribution is 0.482. The van der Waals surface area contributed by atoms with Crippen molar-refractivity contribution in [1.82, 2.24) is 0 Å². The topological polar surface area (TPSA) is 9.23 Å². The van der Waals surface area contributed by atoms with Gasteiger partial charge in [0.05, 0.1) is 0 Å². The van der Waals surface area contributed by atoms with E-state index in [0.29, 0.717) is 0 Å². The summed E-state index contributed by atoms with van der Waals surface area (Å²) >= 11 is 0. The van der Waals surface area contributed by atoms with E-state index in [-0.39, 0.29) is 5.92 Å². The second-order valence-electron chi connectivity index (χ2n) is 6.24. The third-order valence-corrected chi connectivity index (χ3v) is 4.44. The van der Waals surface area contributed by atoms with Crippen LogP contribution in [0, 0.1) is 0 Å². The number of para-hydroxylation sites is 1. The van der Waals surface area contributed by atoms with E-state index in [2.05, 4.69) is 78.9 Å². The molecule has 0 amide bonds. The van der Waals surface area contributed by atoms with Gasteiger partial charge in [0.2, 0.25) is 0 Å². The lowest BCUT2D eigenvalue weighted by atomic mass is 9.85. The number of rotatable bonds is 5. The van der Waals surface area contributed by atoms with Crippen LogP contribution in [-0.4, -0.2) is 0 Å². The zero-order valence-electron chi connectivity index (χ0n) is 14.5. The molecule has 4 aromatic carbocycles. The summed E-state index contributed by atoms with van der Waals surface area (Å²) in [5.74, 6) is 1.88. The van der Waals surface area contributed by atoms with Crippen molar-refractivity contribution in [3.05, 3.63) is 132 Å². The van der Waals surface area contributed by atoms with Crippen molar-refractivity contribution in [2.45, 2.75) is 5.92 Å². The molecule has 1 heteroatoms. The van der Waals surface area contributed by atoms with Crippen LogP contribution < -0.4 is 4.74 Å². The van der Waals surface area contributed by atoms with Crippen molar-refractivity contribution in [3.8, 4) is 11.5 Å². The van der Waals surface area contributed by atoms with Gasteiger partial charge in [0.25, 0.3) is 0 Å². The van der Waals surface area contributed by atoms with Crippen LogP contribution in [0.15, 0.2) is 115 Å². The van der Waals surface area contributed by atoms with Crippen LogP contribution in [0.4, 0.5) is 0 Å². The van der Waals surface area contributed by atoms with E-state index in [4.69, 9.17) is 4.74 Å². The van der Waals surface area contributed by atoms with Crippen LogP contribution in [0.1, 0.15) is 22.6 Å². The summed E-state index contributed by atoms with van der Waals surface area (Å²) in [4.78, 5) is 0. The highest BCUT2D eigenvalue weighted by Gasteiger charge is 2.17. The van der Waals surface area contributed by atoms with Gasteiger partial charge >= 0.3 is 0 Å². The maximum Gasteiger partial charge on any atom is 0.127 e. The average molecular weight is 336 g/mol. The molecule has 0 radical (unpaired) electrons. The molecule has 0 N–H and O–H groups in total. The number of benzene rings is 4. The molecule has 0 saturated heterocycles. The third-order valence-electron chi connectivity index (χ3n) is 4.44. The minimum absolute atomic E-state index is 0.178. The zero-order valence-corrected chi connectivity index (χ0v) is 14.5. The van der Waals surface area contributed by atoms with E-state index < -0.39 is 0 Å². The molecule has 0 heterocycles. The Bertz CT molecular complexity index is 907. The Labute approximate surface area is 154 Å². The molecule has 0 aliphatic heterocycles. The van der Waals surface area contributed by atoms with Gasteiger partial charge in [-0.3, -0.25) is 0 Å². The van der Waals surface area contributed by atoms with Gasteiger partial charge in [0.15, 0.2) is 0 Å². The van der Waals surface area contributed by atoms with Crippen LogP contribution in [0.3, 0.4) is 0 Å². The fraction of sp³-hybridized carbons (Fsp3) is 0.0400. The van der Waals surface area contributed by atoms with Gasteiger partial charge in [-0.15, -0.1) is 0 Å². The van der Waals surface area contributed by atoms with Crippen LogP contribution in [-0.2, 0) is 0 Å². The molecule has 0 unspecified atom stereocenters. The first-order chi connectivity index (χ1) is 12.9. The van der Waals surface area contributed by atoms with Gasteiger partial charge in [-0.05, 0) is 41.0 Å². The molecule has 0 bridgehead atoms. The largest absolute Gasteiger partial charge is 0.457 e. The van der Waals surface area contributed by atoms with Crippen molar-refractivity contribution < 1.29 is 4.74 Å². The quantitative estimate of drug-likeness (QED) is 0.370. The fourth-order valence-corrected chi connectivity index (χ4v) is 3.25. The molecule has 0 aliphatic carbocycles. The Balaban J connectivity index is 1.73. The van der Waals surface area contributed by atoms with Gasteiger partial charge in [-0.1, -0.05) is 91.0 Å². The molecule has 0 fully saturated rings. The number of hydrogen-bond acceptors (Lipinski definition) is 1. The number of hydrogen-bond donors (Lipinski definition) is 0. The Morgan fingerprint density at radius 1 is 0.423 bits per heavy atom. The minimum atomic E-state index is 0.178. The first-order valence-corrected chi connectivity index (χ1v) is 8.83. The number of ether oxygens (including phenoxy) is 1. The fourth-order valence-electron chi connectivity index (χ4n) is 3.25. The Morgan fingerprint density at radius 3 is 1.46 bits per heavy atom. The van der Waals surface area contributed by atoms with Crippen LogP contribution in [0.5, 0.6) is 11.5 Å². The lowest BCUT2D eigenvalue weighted by Gasteiger charge is -2.19. The summed E-state index contributed by atoms with van der Waals surface area (Å²) in [5.41, 5.74) is 3.77. The molecule has 0 saturated carbocycles. The average Bonchev–Trinajstić information content (AvgIpc) is 2.71. The van der Waals surface area contributed by atoms with Gasteiger partial charge in [0, 0.05) is 5.92 Å². The highest BCUT2D eigenvalue weighted by molar-refractivity contribution is 5.45. The van der Waals surface area contributed by atoms with Crippen LogP contribution >= 0.6 is 0 Å². The molecule has 126 valence electrons. The highest BCUT2D eigenvalue weighted by Crippen LogP contribution is 2.34. The standard InChI is InChI=1S/C25H20O/c1-4-11-20(12-5-1)25(21-13-6-2-7-14-21)22-15-10-18-24(19-22)26-23-16-8-3-9-17-23/h1-19,25H. The molecule has 4 aromatic rings. The van der Waals surface area contributed by atoms with Crippen LogP contribution in [0.25, 0.3) is 0 Å². The second-order valence-corrected chi connectivity index (χ2v) is 6.24. The van der Waals surface area contributed by atoms with E-state index >= 15 is 0 Å². The summed E-state index contributed by atoms with van der Waals surface area (Å²) in [5, 5.41) is 0. The van der Waals surface area contributed by atoms with Gasteiger partial charge in [-0.2, -0.15) is 0 Å². The molecule has 0 spiro atoms. The van der Waals surface area contributed by atoms with E-state index in [1.807, 2.05) is 36.4 Å². The maximum atomic E-state index is 6.04. The molecule has 26 heavy (non-hydrogen) atoms. The van der Waals surface area contributed by atoms with Crippen LogP contribution in [0.2, 0.25) is 0 Å². The van der Waals surface area contributed by atoms with Crippen molar-refractivity contribution >= 4 is 0 Å². The lowest BCUT2D eigenvalue weighted by Crippen LogP contribution is -2.03. The minimum Gasteiger partial charge on any atom is -0.457 e. The van der Waals surface area contributed by atoms with Crippen molar-refractivity contribution in [2.24, 2.45) is 0 Å². The molecular formula is C25H20O. The normalized spacial score (nSPS) is 10.7. The molecule has 0 aliphatic rings. The first kappa shape index (κ1) is 16.2. The predicted octanol–water partition coefficient (Wildman–Crippen LogP) is 6.66. The Hall–Kier alpha value is -3.32. The zero-order chi connectivity index (χ0) is 17.6. The first-order valence-electron chi connectivity index (χ1n) is 8.83. The third kappa shape index (κ3) is 3.68. The molecule has 0 aromatic heterocycles. The Morgan fingerprint density at radius 2 is 0.885 bits per heavy atom. The highest BCUT2D eigenvalue weighted by atomic mass is 16.5. The Kier molecular flexibility index (Phi) is 4.79. The van der Waals surface area contributed by atoms with Crippen molar-refractivity contribution in [2.75, 3.05) is 0 Å². The van der Waals surface area contributed by atoms with E-state index in [0.717, 1.165) is 11.5 Å². The monoisotopic (exact) mass is 336 g/mol. The molecule has 0 atom stereocenters.